The summed E-state index contributed by atoms with van der Waals surface area (Å²) in [6, 6.07) is 4.35. The number of ether oxygens (including phenoxy) is 1. The minimum absolute atomic E-state index is 0.0151. The van der Waals surface area contributed by atoms with Gasteiger partial charge in [-0.05, 0) is 58.1 Å². The van der Waals surface area contributed by atoms with Crippen LogP contribution >= 0.6 is 11.6 Å². The van der Waals surface area contributed by atoms with Crippen LogP contribution < -0.4 is 21.3 Å². The van der Waals surface area contributed by atoms with Crippen molar-refractivity contribution in [1.29, 1.82) is 0 Å². The number of nitrogen functional groups attached to an aromatic ring is 1. The molecule has 2 aliphatic heterocycles. The molecule has 1 aromatic heterocycles. The van der Waals surface area contributed by atoms with Crippen molar-refractivity contribution in [1.82, 2.24) is 30.1 Å². The molecule has 3 aromatic rings. The summed E-state index contributed by atoms with van der Waals surface area (Å²) >= 11 is 6.31. The number of rotatable bonds is 9. The zero-order valence-corrected chi connectivity index (χ0v) is 26.2. The number of nitrogens with two attached hydrogens (primary N) is 1. The van der Waals surface area contributed by atoms with Gasteiger partial charge in [-0.3, -0.25) is 14.5 Å². The van der Waals surface area contributed by atoms with Crippen LogP contribution in [0.15, 0.2) is 24.4 Å². The van der Waals surface area contributed by atoms with Gasteiger partial charge >= 0.3 is 0 Å². The van der Waals surface area contributed by atoms with E-state index in [1.165, 1.54) is 19.2 Å². The van der Waals surface area contributed by atoms with E-state index in [1.54, 1.807) is 6.07 Å². The molecule has 0 spiro atoms. The highest BCUT2D eigenvalue weighted by molar-refractivity contribution is 6.35. The molecule has 5 rings (SSSR count). The standard InChI is InChI=1S/C30H38ClF2N9O3/c1-19-25(31)20(17-21(34)26(19)32)29(43)36-28-24(41-10-4-8-39(2)11-12-41)6-5-23(27(28)33)42-18-22(37-38-42)30(44)35-7-3-9-40-13-15-45-16-14-40/h5-6,17-18H,3-4,7-16,34H2,1-2H3,(H,35,44)(H,36,43). The zero-order valence-electron chi connectivity index (χ0n) is 25.4. The van der Waals surface area contributed by atoms with E-state index >= 15 is 4.39 Å². The van der Waals surface area contributed by atoms with Crippen LogP contribution in [0.5, 0.6) is 0 Å². The van der Waals surface area contributed by atoms with Crippen LogP contribution in [0.3, 0.4) is 0 Å². The first-order valence-electron chi connectivity index (χ1n) is 15.0. The summed E-state index contributed by atoms with van der Waals surface area (Å²) in [4.78, 5) is 32.7. The molecule has 242 valence electrons. The number of nitrogens with zero attached hydrogens (tertiary/aromatic N) is 6. The van der Waals surface area contributed by atoms with Gasteiger partial charge in [-0.2, -0.15) is 0 Å². The molecule has 2 aliphatic rings. The summed E-state index contributed by atoms with van der Waals surface area (Å²) in [5.74, 6) is -2.69. The maximum Gasteiger partial charge on any atom is 0.273 e. The number of aromatic nitrogens is 3. The van der Waals surface area contributed by atoms with Crippen molar-refractivity contribution in [3.63, 3.8) is 0 Å². The molecule has 0 bridgehead atoms. The largest absolute Gasteiger partial charge is 0.396 e. The minimum atomic E-state index is -0.788. The zero-order chi connectivity index (χ0) is 32.1. The van der Waals surface area contributed by atoms with Gasteiger partial charge in [-0.1, -0.05) is 16.8 Å². The Morgan fingerprint density at radius 2 is 1.80 bits per heavy atom. The summed E-state index contributed by atoms with van der Waals surface area (Å²) in [6.07, 6.45) is 2.93. The SMILES string of the molecule is Cc1c(F)c(N)cc(C(=O)Nc2c(N3CCCN(C)CC3)ccc(-n3cc(C(=O)NCCCN4CCOCC4)nn3)c2F)c1Cl. The number of benzene rings is 2. The second kappa shape index (κ2) is 14.5. The Morgan fingerprint density at radius 1 is 1.04 bits per heavy atom. The predicted molar refractivity (Wildman–Crippen MR) is 168 cm³/mol. The monoisotopic (exact) mass is 645 g/mol. The van der Waals surface area contributed by atoms with E-state index in [0.717, 1.165) is 56.3 Å². The lowest BCUT2D eigenvalue weighted by Crippen LogP contribution is -2.38. The molecule has 15 heteroatoms. The third kappa shape index (κ3) is 7.52. The number of halogens is 3. The fourth-order valence-corrected chi connectivity index (χ4v) is 5.67. The maximum absolute atomic E-state index is 16.4. The van der Waals surface area contributed by atoms with E-state index < -0.39 is 23.4 Å². The van der Waals surface area contributed by atoms with Gasteiger partial charge in [0.2, 0.25) is 0 Å². The van der Waals surface area contributed by atoms with E-state index in [2.05, 4.69) is 30.7 Å². The molecule has 4 N–H and O–H groups in total. The first-order valence-corrected chi connectivity index (χ1v) is 15.3. The van der Waals surface area contributed by atoms with Crippen molar-refractivity contribution < 1.29 is 23.1 Å². The summed E-state index contributed by atoms with van der Waals surface area (Å²) in [6.45, 7) is 8.70. The maximum atomic E-state index is 16.4. The number of carbonyl (C=O) groups excluding carboxylic acids is 2. The quantitative estimate of drug-likeness (QED) is 0.237. The number of carbonyl (C=O) groups is 2. The van der Waals surface area contributed by atoms with Crippen molar-refractivity contribution in [2.45, 2.75) is 19.8 Å². The summed E-state index contributed by atoms with van der Waals surface area (Å²) < 4.78 is 37.2. The Labute approximate surface area is 265 Å². The summed E-state index contributed by atoms with van der Waals surface area (Å²) in [5, 5.41) is 13.3. The number of hydrogen-bond acceptors (Lipinski definition) is 9. The first kappa shape index (κ1) is 32.5. The highest BCUT2D eigenvalue weighted by atomic mass is 35.5. The van der Waals surface area contributed by atoms with E-state index in [4.69, 9.17) is 22.1 Å². The molecule has 2 aromatic carbocycles. The minimum Gasteiger partial charge on any atom is -0.396 e. The molecule has 0 unspecified atom stereocenters. The van der Waals surface area contributed by atoms with E-state index in [9.17, 15) is 14.0 Å². The lowest BCUT2D eigenvalue weighted by Gasteiger charge is -2.26. The molecular formula is C30H38ClF2N9O3. The van der Waals surface area contributed by atoms with Crippen LogP contribution in [0.1, 0.15) is 39.3 Å². The molecule has 2 saturated heterocycles. The van der Waals surface area contributed by atoms with Crippen molar-refractivity contribution in [3.05, 3.63) is 57.9 Å². The molecule has 0 saturated carbocycles. The van der Waals surface area contributed by atoms with Gasteiger partial charge in [0.15, 0.2) is 17.3 Å². The molecule has 0 aliphatic carbocycles. The molecule has 0 radical (unpaired) electrons. The van der Waals surface area contributed by atoms with Crippen molar-refractivity contribution in [3.8, 4) is 5.69 Å². The van der Waals surface area contributed by atoms with Gasteiger partial charge in [-0.15, -0.1) is 5.10 Å². The van der Waals surface area contributed by atoms with Crippen LogP contribution in [0.4, 0.5) is 25.8 Å². The van der Waals surface area contributed by atoms with E-state index in [-0.39, 0.29) is 38.9 Å². The van der Waals surface area contributed by atoms with Crippen molar-refractivity contribution >= 4 is 40.5 Å². The Kier molecular flexibility index (Phi) is 10.5. The number of anilines is 3. The van der Waals surface area contributed by atoms with Gasteiger partial charge in [0, 0.05) is 44.8 Å². The molecule has 2 amide bonds. The molecular weight excluding hydrogens is 608 g/mol. The molecule has 2 fully saturated rings. The van der Waals surface area contributed by atoms with Gasteiger partial charge in [0.05, 0.1) is 41.4 Å². The molecule has 3 heterocycles. The third-order valence-electron chi connectivity index (χ3n) is 8.10. The number of amides is 2. The summed E-state index contributed by atoms with van der Waals surface area (Å²) in [5.41, 5.74) is 5.79. The van der Waals surface area contributed by atoms with E-state index in [0.29, 0.717) is 38.5 Å². The van der Waals surface area contributed by atoms with Crippen LogP contribution in [0.25, 0.3) is 5.69 Å². The Balaban J connectivity index is 1.38. The average Bonchev–Trinajstić information content (AvgIpc) is 3.43. The normalized spacial score (nSPS) is 16.4. The number of hydrogen-bond donors (Lipinski definition) is 3. The van der Waals surface area contributed by atoms with E-state index in [1.807, 2.05) is 11.9 Å². The fraction of sp³-hybridized carbons (Fsp3) is 0.467. The van der Waals surface area contributed by atoms with Gasteiger partial charge in [0.25, 0.3) is 11.8 Å². The van der Waals surface area contributed by atoms with Crippen LogP contribution in [-0.2, 0) is 4.74 Å². The highest BCUT2D eigenvalue weighted by Crippen LogP contribution is 2.35. The van der Waals surface area contributed by atoms with Crippen molar-refractivity contribution in [2.75, 3.05) is 88.6 Å². The van der Waals surface area contributed by atoms with Gasteiger partial charge < -0.3 is 30.9 Å². The molecule has 0 atom stereocenters. The van der Waals surface area contributed by atoms with Crippen LogP contribution in [0.2, 0.25) is 5.02 Å². The van der Waals surface area contributed by atoms with Crippen LogP contribution in [0, 0.1) is 18.6 Å². The number of nitrogens with one attached hydrogen (secondary N) is 2. The molecule has 45 heavy (non-hydrogen) atoms. The average molecular weight is 646 g/mol. The van der Waals surface area contributed by atoms with Crippen molar-refractivity contribution in [2.24, 2.45) is 0 Å². The second-order valence-corrected chi connectivity index (χ2v) is 11.6. The third-order valence-corrected chi connectivity index (χ3v) is 8.59. The Morgan fingerprint density at radius 3 is 2.58 bits per heavy atom. The summed E-state index contributed by atoms with van der Waals surface area (Å²) in [7, 11) is 2.02. The second-order valence-electron chi connectivity index (χ2n) is 11.3. The predicted octanol–water partition coefficient (Wildman–Crippen LogP) is 2.94. The fourth-order valence-electron chi connectivity index (χ4n) is 5.45. The topological polar surface area (TPSA) is 134 Å². The molecule has 12 nitrogen and oxygen atoms in total. The highest BCUT2D eigenvalue weighted by Gasteiger charge is 2.26. The van der Waals surface area contributed by atoms with Gasteiger partial charge in [0.1, 0.15) is 11.4 Å². The Bertz CT molecular complexity index is 1550. The first-order chi connectivity index (χ1) is 21.6. The number of morpholine rings is 1. The van der Waals surface area contributed by atoms with Crippen LogP contribution in [-0.4, -0.2) is 109 Å². The lowest BCUT2D eigenvalue weighted by molar-refractivity contribution is 0.0374. The lowest BCUT2D eigenvalue weighted by atomic mass is 10.1. The Hall–Kier alpha value is -3.85. The number of likely N-dealkylation sites (N-methyl/N-ethyl adjacent to an activating group) is 1. The van der Waals surface area contributed by atoms with Gasteiger partial charge in [-0.25, -0.2) is 13.5 Å². The smallest absolute Gasteiger partial charge is 0.273 e.